The highest BCUT2D eigenvalue weighted by atomic mass is 79.9. The average Bonchev–Trinajstić information content (AvgIpc) is 2.73. The predicted molar refractivity (Wildman–Crippen MR) is 121 cm³/mol. The Morgan fingerprint density at radius 2 is 1.81 bits per heavy atom. The Kier molecular flexibility index (Phi) is 6.80. The number of carbonyl (C=O) groups is 3. The first-order valence-corrected chi connectivity index (χ1v) is 10.6. The summed E-state index contributed by atoms with van der Waals surface area (Å²) in [6.07, 6.45) is 2.24. The molecule has 31 heavy (non-hydrogen) atoms. The number of rotatable bonds is 6. The Morgan fingerprint density at radius 3 is 2.42 bits per heavy atom. The van der Waals surface area contributed by atoms with Gasteiger partial charge in [0.1, 0.15) is 5.57 Å². The van der Waals surface area contributed by atoms with Gasteiger partial charge in [0.15, 0.2) is 11.5 Å². The van der Waals surface area contributed by atoms with E-state index in [0.29, 0.717) is 27.2 Å². The lowest BCUT2D eigenvalue weighted by Crippen LogP contribution is -2.54. The molecule has 8 heteroatoms. The van der Waals surface area contributed by atoms with Crippen molar-refractivity contribution >= 4 is 45.5 Å². The first-order valence-electron chi connectivity index (χ1n) is 9.77. The minimum atomic E-state index is -0.787. The molecular formula is C23H23BrN2O5. The minimum absolute atomic E-state index is 0.00946. The molecular weight excluding hydrogens is 464 g/mol. The van der Waals surface area contributed by atoms with Crippen LogP contribution in [0.3, 0.4) is 0 Å². The van der Waals surface area contributed by atoms with E-state index in [0.717, 1.165) is 16.9 Å². The van der Waals surface area contributed by atoms with Crippen molar-refractivity contribution in [1.82, 2.24) is 5.32 Å². The van der Waals surface area contributed by atoms with Gasteiger partial charge in [0.25, 0.3) is 11.8 Å². The van der Waals surface area contributed by atoms with E-state index in [1.54, 1.807) is 36.4 Å². The summed E-state index contributed by atoms with van der Waals surface area (Å²) in [6, 6.07) is 9.48. The third-order valence-corrected chi connectivity index (χ3v) is 5.57. The van der Waals surface area contributed by atoms with Gasteiger partial charge in [0.05, 0.1) is 18.9 Å². The zero-order valence-electron chi connectivity index (χ0n) is 17.7. The highest BCUT2D eigenvalue weighted by Crippen LogP contribution is 2.36. The van der Waals surface area contributed by atoms with Crippen molar-refractivity contribution in [3.63, 3.8) is 0 Å². The first-order chi connectivity index (χ1) is 14.7. The number of nitrogens with zero attached hydrogens (tertiary/aromatic N) is 1. The number of barbiturate groups is 1. The summed E-state index contributed by atoms with van der Waals surface area (Å²) in [5.74, 6) is -0.459. The van der Waals surface area contributed by atoms with Crippen LogP contribution in [0.15, 0.2) is 46.4 Å². The Balaban J connectivity index is 2.01. The molecule has 1 heterocycles. The molecule has 1 aliphatic heterocycles. The van der Waals surface area contributed by atoms with E-state index in [4.69, 9.17) is 9.47 Å². The second-order valence-corrected chi connectivity index (χ2v) is 8.01. The molecule has 0 aliphatic carbocycles. The van der Waals surface area contributed by atoms with Crippen molar-refractivity contribution < 1.29 is 23.9 Å². The zero-order valence-corrected chi connectivity index (χ0v) is 19.3. The number of carbonyl (C=O) groups excluding carboxylic acids is 3. The molecule has 162 valence electrons. The topological polar surface area (TPSA) is 84.9 Å². The van der Waals surface area contributed by atoms with E-state index in [-0.39, 0.29) is 11.7 Å². The third kappa shape index (κ3) is 4.80. The molecule has 2 aromatic rings. The number of halogens is 1. The standard InChI is InChI=1S/C23H23BrN2O5/c1-5-14(3)31-20-12-18(24)15(11-19(20)30-4)10-17-21(27)25-23(29)26(22(17)28)16-8-6-13(2)7-9-16/h6-12,14H,5H2,1-4H3,(H,25,27,29)/b17-10+/t14-/m1/s1. The van der Waals surface area contributed by atoms with E-state index in [2.05, 4.69) is 21.2 Å². The lowest BCUT2D eigenvalue weighted by molar-refractivity contribution is -0.122. The maximum absolute atomic E-state index is 13.1. The molecule has 0 saturated carbocycles. The van der Waals surface area contributed by atoms with Crippen molar-refractivity contribution in [1.29, 1.82) is 0 Å². The number of aryl methyl sites for hydroxylation is 1. The molecule has 1 atom stereocenters. The van der Waals surface area contributed by atoms with Crippen LogP contribution in [0, 0.1) is 6.92 Å². The summed E-state index contributed by atoms with van der Waals surface area (Å²) >= 11 is 3.47. The van der Waals surface area contributed by atoms with Crippen LogP contribution in [-0.4, -0.2) is 31.1 Å². The Hall–Kier alpha value is -3.13. The van der Waals surface area contributed by atoms with Crippen LogP contribution >= 0.6 is 15.9 Å². The summed E-state index contributed by atoms with van der Waals surface area (Å²) in [4.78, 5) is 38.8. The Bertz CT molecular complexity index is 1060. The summed E-state index contributed by atoms with van der Waals surface area (Å²) in [5.41, 5.74) is 1.72. The average molecular weight is 487 g/mol. The largest absolute Gasteiger partial charge is 0.493 e. The van der Waals surface area contributed by atoms with E-state index in [9.17, 15) is 14.4 Å². The maximum atomic E-state index is 13.1. The molecule has 0 aromatic heterocycles. The number of imide groups is 2. The van der Waals surface area contributed by atoms with Crippen LogP contribution in [0.1, 0.15) is 31.4 Å². The van der Waals surface area contributed by atoms with E-state index >= 15 is 0 Å². The number of methoxy groups -OCH3 is 1. The summed E-state index contributed by atoms with van der Waals surface area (Å²) in [6.45, 7) is 5.86. The number of ether oxygens (including phenoxy) is 2. The molecule has 7 nitrogen and oxygen atoms in total. The van der Waals surface area contributed by atoms with Crippen LogP contribution in [0.5, 0.6) is 11.5 Å². The molecule has 0 bridgehead atoms. The van der Waals surface area contributed by atoms with Gasteiger partial charge in [0, 0.05) is 4.47 Å². The highest BCUT2D eigenvalue weighted by molar-refractivity contribution is 9.10. The number of benzene rings is 2. The van der Waals surface area contributed by atoms with Crippen molar-refractivity contribution in [2.24, 2.45) is 0 Å². The number of nitrogens with one attached hydrogen (secondary N) is 1. The maximum Gasteiger partial charge on any atom is 0.335 e. The van der Waals surface area contributed by atoms with Crippen molar-refractivity contribution in [2.45, 2.75) is 33.3 Å². The van der Waals surface area contributed by atoms with E-state index < -0.39 is 17.8 Å². The fraction of sp³-hybridized carbons (Fsp3) is 0.261. The smallest absolute Gasteiger partial charge is 0.335 e. The minimum Gasteiger partial charge on any atom is -0.493 e. The molecule has 0 radical (unpaired) electrons. The molecule has 4 amide bonds. The molecule has 1 N–H and O–H groups in total. The Labute approximate surface area is 189 Å². The van der Waals surface area contributed by atoms with Crippen LogP contribution < -0.4 is 19.7 Å². The third-order valence-electron chi connectivity index (χ3n) is 4.88. The molecule has 1 aliphatic rings. The van der Waals surface area contributed by atoms with Gasteiger partial charge in [-0.15, -0.1) is 0 Å². The number of urea groups is 1. The summed E-state index contributed by atoms with van der Waals surface area (Å²) < 4.78 is 11.9. The summed E-state index contributed by atoms with van der Waals surface area (Å²) in [7, 11) is 1.51. The number of hydrogen-bond donors (Lipinski definition) is 1. The predicted octanol–water partition coefficient (Wildman–Crippen LogP) is 4.61. The lowest BCUT2D eigenvalue weighted by atomic mass is 10.1. The molecule has 3 rings (SSSR count). The van der Waals surface area contributed by atoms with Gasteiger partial charge in [-0.25, -0.2) is 9.69 Å². The SMILES string of the molecule is CC[C@@H](C)Oc1cc(Br)c(/C=C2\C(=O)NC(=O)N(c3ccc(C)cc3)C2=O)cc1OC. The fourth-order valence-electron chi connectivity index (χ4n) is 2.95. The van der Waals surface area contributed by atoms with Gasteiger partial charge in [-0.05, 0) is 56.2 Å². The molecule has 2 aromatic carbocycles. The number of anilines is 1. The van der Waals surface area contributed by atoms with Crippen molar-refractivity contribution in [3.05, 3.63) is 57.6 Å². The van der Waals surface area contributed by atoms with E-state index in [1.807, 2.05) is 20.8 Å². The van der Waals surface area contributed by atoms with Crippen LogP contribution in [0.2, 0.25) is 0 Å². The molecule has 0 unspecified atom stereocenters. The fourth-order valence-corrected chi connectivity index (χ4v) is 3.39. The van der Waals surface area contributed by atoms with E-state index in [1.165, 1.54) is 13.2 Å². The molecule has 1 fully saturated rings. The quantitative estimate of drug-likeness (QED) is 0.475. The monoisotopic (exact) mass is 486 g/mol. The highest BCUT2D eigenvalue weighted by Gasteiger charge is 2.37. The van der Waals surface area contributed by atoms with Crippen LogP contribution in [0.25, 0.3) is 6.08 Å². The lowest BCUT2D eigenvalue weighted by Gasteiger charge is -2.26. The second kappa shape index (κ2) is 9.34. The summed E-state index contributed by atoms with van der Waals surface area (Å²) in [5, 5.41) is 2.22. The van der Waals surface area contributed by atoms with Crippen molar-refractivity contribution in [2.75, 3.05) is 12.0 Å². The molecule has 0 spiro atoms. The van der Waals surface area contributed by atoms with Gasteiger partial charge in [-0.2, -0.15) is 0 Å². The van der Waals surface area contributed by atoms with Crippen molar-refractivity contribution in [3.8, 4) is 11.5 Å². The Morgan fingerprint density at radius 1 is 1.13 bits per heavy atom. The van der Waals surface area contributed by atoms with Crippen LogP contribution in [0.4, 0.5) is 10.5 Å². The number of amides is 4. The normalized spacial score (nSPS) is 16.4. The molecule has 1 saturated heterocycles. The van der Waals surface area contributed by atoms with Gasteiger partial charge in [-0.1, -0.05) is 40.5 Å². The first kappa shape index (κ1) is 22.6. The number of hydrogen-bond acceptors (Lipinski definition) is 5. The van der Waals surface area contributed by atoms with Gasteiger partial charge in [-0.3, -0.25) is 14.9 Å². The van der Waals surface area contributed by atoms with Gasteiger partial charge in [0.2, 0.25) is 0 Å². The van der Waals surface area contributed by atoms with Crippen LogP contribution in [-0.2, 0) is 9.59 Å². The second-order valence-electron chi connectivity index (χ2n) is 7.15. The zero-order chi connectivity index (χ0) is 22.7. The van der Waals surface area contributed by atoms with Gasteiger partial charge < -0.3 is 9.47 Å². The van der Waals surface area contributed by atoms with Gasteiger partial charge >= 0.3 is 6.03 Å².